The fourth-order valence-corrected chi connectivity index (χ4v) is 3.09. The quantitative estimate of drug-likeness (QED) is 0.922. The second kappa shape index (κ2) is 6.45. The Morgan fingerprint density at radius 2 is 1.95 bits per heavy atom. The van der Waals surface area contributed by atoms with Crippen LogP contribution in [0.2, 0.25) is 0 Å². The van der Waals surface area contributed by atoms with Crippen LogP contribution < -0.4 is 10.1 Å². The van der Waals surface area contributed by atoms with E-state index in [2.05, 4.69) is 5.32 Å². The van der Waals surface area contributed by atoms with Gasteiger partial charge in [0.1, 0.15) is 5.75 Å². The van der Waals surface area contributed by atoms with E-state index in [1.165, 1.54) is 0 Å². The number of ether oxygens (including phenoxy) is 3. The van der Waals surface area contributed by atoms with Crippen LogP contribution in [0.15, 0.2) is 24.3 Å². The number of methoxy groups -OCH3 is 1. The van der Waals surface area contributed by atoms with E-state index in [4.69, 9.17) is 14.2 Å². The van der Waals surface area contributed by atoms with Crippen LogP contribution in [0.5, 0.6) is 5.75 Å². The number of amides is 1. The minimum Gasteiger partial charge on any atom is -0.496 e. The van der Waals surface area contributed by atoms with Gasteiger partial charge in [-0.2, -0.15) is 0 Å². The summed E-state index contributed by atoms with van der Waals surface area (Å²) in [6.45, 7) is 1.33. The van der Waals surface area contributed by atoms with E-state index in [1.54, 1.807) is 19.2 Å². The van der Waals surface area contributed by atoms with Gasteiger partial charge in [0.05, 0.1) is 38.1 Å². The molecule has 21 heavy (non-hydrogen) atoms. The summed E-state index contributed by atoms with van der Waals surface area (Å²) in [5.74, 6) is 0.508. The molecule has 1 saturated heterocycles. The normalized spacial score (nSPS) is 28.5. The van der Waals surface area contributed by atoms with Gasteiger partial charge in [-0.05, 0) is 31.4 Å². The molecule has 0 spiro atoms. The highest BCUT2D eigenvalue weighted by Gasteiger charge is 2.34. The van der Waals surface area contributed by atoms with Crippen LogP contribution >= 0.6 is 0 Å². The molecule has 1 amide bonds. The summed E-state index contributed by atoms with van der Waals surface area (Å²) in [6, 6.07) is 7.40. The lowest BCUT2D eigenvalue weighted by Gasteiger charge is -2.39. The minimum atomic E-state index is -0.0902. The largest absolute Gasteiger partial charge is 0.496 e. The molecule has 5 heteroatoms. The van der Waals surface area contributed by atoms with Gasteiger partial charge >= 0.3 is 0 Å². The van der Waals surface area contributed by atoms with Crippen molar-refractivity contribution < 1.29 is 19.0 Å². The molecule has 0 radical (unpaired) electrons. The van der Waals surface area contributed by atoms with Gasteiger partial charge in [-0.3, -0.25) is 4.79 Å². The summed E-state index contributed by atoms with van der Waals surface area (Å²) in [4.78, 5) is 12.4. The highest BCUT2D eigenvalue weighted by Crippen LogP contribution is 2.27. The molecule has 1 aromatic carbocycles. The molecule has 1 aliphatic heterocycles. The SMILES string of the molecule is COc1ccccc1C(=O)N[C@@H]1CC[C@@H]2OCCO[C@@H]2C1. The number of benzene rings is 1. The number of carbonyl (C=O) groups is 1. The number of rotatable bonds is 3. The van der Waals surface area contributed by atoms with Gasteiger partial charge in [-0.25, -0.2) is 0 Å². The predicted molar refractivity (Wildman–Crippen MR) is 77.6 cm³/mol. The molecule has 0 aromatic heterocycles. The lowest BCUT2D eigenvalue weighted by atomic mass is 9.89. The highest BCUT2D eigenvalue weighted by molar-refractivity contribution is 5.97. The summed E-state index contributed by atoms with van der Waals surface area (Å²) in [7, 11) is 1.57. The maximum Gasteiger partial charge on any atom is 0.255 e. The van der Waals surface area contributed by atoms with Crippen molar-refractivity contribution in [2.45, 2.75) is 37.5 Å². The van der Waals surface area contributed by atoms with E-state index in [9.17, 15) is 4.79 Å². The predicted octanol–water partition coefficient (Wildman–Crippen LogP) is 1.76. The van der Waals surface area contributed by atoms with E-state index in [1.807, 2.05) is 12.1 Å². The van der Waals surface area contributed by atoms with E-state index >= 15 is 0 Å². The van der Waals surface area contributed by atoms with Gasteiger partial charge < -0.3 is 19.5 Å². The number of hydrogen-bond donors (Lipinski definition) is 1. The molecule has 1 aromatic rings. The zero-order valence-electron chi connectivity index (χ0n) is 12.2. The molecule has 0 bridgehead atoms. The van der Waals surface area contributed by atoms with Crippen LogP contribution in [0, 0.1) is 0 Å². The fourth-order valence-electron chi connectivity index (χ4n) is 3.09. The Balaban J connectivity index is 1.62. The number of carbonyl (C=O) groups excluding carboxylic acids is 1. The van der Waals surface area contributed by atoms with Gasteiger partial charge in [-0.1, -0.05) is 12.1 Å². The molecule has 2 fully saturated rings. The maximum absolute atomic E-state index is 12.4. The van der Waals surface area contributed by atoms with Crippen molar-refractivity contribution in [3.63, 3.8) is 0 Å². The van der Waals surface area contributed by atoms with Crippen LogP contribution in [-0.2, 0) is 9.47 Å². The standard InChI is InChI=1S/C16H21NO4/c1-19-13-5-3-2-4-12(13)16(18)17-11-6-7-14-15(10-11)21-9-8-20-14/h2-5,11,14-15H,6-10H2,1H3,(H,17,18)/t11-,14+,15-/m1/s1. The first-order chi connectivity index (χ1) is 10.3. The number of hydrogen-bond acceptors (Lipinski definition) is 4. The molecule has 3 atom stereocenters. The zero-order chi connectivity index (χ0) is 14.7. The number of fused-ring (bicyclic) bond motifs is 1. The van der Waals surface area contributed by atoms with Crippen LogP contribution in [0.1, 0.15) is 29.6 Å². The Morgan fingerprint density at radius 3 is 2.76 bits per heavy atom. The van der Waals surface area contributed by atoms with Crippen molar-refractivity contribution in [2.24, 2.45) is 0 Å². The molecule has 1 N–H and O–H groups in total. The molecule has 5 nitrogen and oxygen atoms in total. The van der Waals surface area contributed by atoms with Gasteiger partial charge in [0.2, 0.25) is 0 Å². The molecule has 1 heterocycles. The van der Waals surface area contributed by atoms with E-state index in [0.717, 1.165) is 19.3 Å². The number of nitrogens with one attached hydrogen (secondary N) is 1. The minimum absolute atomic E-state index is 0.0902. The summed E-state index contributed by atoms with van der Waals surface area (Å²) in [6.07, 6.45) is 2.96. The Labute approximate surface area is 124 Å². The third-order valence-corrected chi connectivity index (χ3v) is 4.17. The summed E-state index contributed by atoms with van der Waals surface area (Å²) >= 11 is 0. The Hall–Kier alpha value is -1.59. The number of para-hydroxylation sites is 1. The highest BCUT2D eigenvalue weighted by atomic mass is 16.6. The summed E-state index contributed by atoms with van der Waals surface area (Å²) < 4.78 is 16.7. The van der Waals surface area contributed by atoms with Crippen LogP contribution in [0.25, 0.3) is 0 Å². The molecular formula is C16H21NO4. The lowest BCUT2D eigenvalue weighted by molar-refractivity contribution is -0.157. The van der Waals surface area contributed by atoms with Crippen LogP contribution in [0.4, 0.5) is 0 Å². The first-order valence-electron chi connectivity index (χ1n) is 7.45. The van der Waals surface area contributed by atoms with Gasteiger partial charge in [-0.15, -0.1) is 0 Å². The second-order valence-corrected chi connectivity index (χ2v) is 5.50. The molecule has 3 rings (SSSR count). The topological polar surface area (TPSA) is 56.8 Å². The molecular weight excluding hydrogens is 270 g/mol. The fraction of sp³-hybridized carbons (Fsp3) is 0.562. The zero-order valence-corrected chi connectivity index (χ0v) is 12.2. The first-order valence-corrected chi connectivity index (χ1v) is 7.45. The molecule has 1 saturated carbocycles. The Kier molecular flexibility index (Phi) is 4.41. The van der Waals surface area contributed by atoms with Crippen molar-refractivity contribution in [3.8, 4) is 5.75 Å². The third kappa shape index (κ3) is 3.19. The van der Waals surface area contributed by atoms with Gasteiger partial charge in [0.15, 0.2) is 0 Å². The van der Waals surface area contributed by atoms with Crippen LogP contribution in [0.3, 0.4) is 0 Å². The van der Waals surface area contributed by atoms with E-state index in [0.29, 0.717) is 24.5 Å². The van der Waals surface area contributed by atoms with E-state index < -0.39 is 0 Å². The van der Waals surface area contributed by atoms with E-state index in [-0.39, 0.29) is 24.2 Å². The Morgan fingerprint density at radius 1 is 1.19 bits per heavy atom. The molecule has 2 aliphatic rings. The molecule has 1 aliphatic carbocycles. The summed E-state index contributed by atoms with van der Waals surface area (Å²) in [5.41, 5.74) is 0.572. The lowest BCUT2D eigenvalue weighted by Crippen LogP contribution is -2.49. The van der Waals surface area contributed by atoms with Crippen molar-refractivity contribution in [1.82, 2.24) is 5.32 Å². The average Bonchev–Trinajstić information content (AvgIpc) is 2.54. The van der Waals surface area contributed by atoms with Crippen molar-refractivity contribution in [2.75, 3.05) is 20.3 Å². The summed E-state index contributed by atoms with van der Waals surface area (Å²) in [5, 5.41) is 3.09. The molecule has 0 unspecified atom stereocenters. The monoisotopic (exact) mass is 291 g/mol. The maximum atomic E-state index is 12.4. The van der Waals surface area contributed by atoms with Gasteiger partial charge in [0.25, 0.3) is 5.91 Å². The van der Waals surface area contributed by atoms with Gasteiger partial charge in [0, 0.05) is 6.04 Å². The smallest absolute Gasteiger partial charge is 0.255 e. The average molecular weight is 291 g/mol. The van der Waals surface area contributed by atoms with Crippen molar-refractivity contribution in [1.29, 1.82) is 0 Å². The first kappa shape index (κ1) is 14.4. The molecule has 114 valence electrons. The third-order valence-electron chi connectivity index (χ3n) is 4.17. The van der Waals surface area contributed by atoms with Crippen molar-refractivity contribution >= 4 is 5.91 Å². The Bertz CT molecular complexity index is 505. The van der Waals surface area contributed by atoms with Crippen molar-refractivity contribution in [3.05, 3.63) is 29.8 Å². The van der Waals surface area contributed by atoms with Crippen LogP contribution in [-0.4, -0.2) is 44.5 Å². The second-order valence-electron chi connectivity index (χ2n) is 5.50.